The van der Waals surface area contributed by atoms with Crippen molar-refractivity contribution >= 4 is 23.2 Å². The van der Waals surface area contributed by atoms with E-state index in [0.717, 1.165) is 29.9 Å². The molecule has 2 heterocycles. The molecule has 4 rings (SSSR count). The lowest BCUT2D eigenvalue weighted by Crippen LogP contribution is -2.37. The third-order valence-electron chi connectivity index (χ3n) is 4.94. The van der Waals surface area contributed by atoms with E-state index in [-0.39, 0.29) is 11.6 Å². The van der Waals surface area contributed by atoms with E-state index < -0.39 is 0 Å². The van der Waals surface area contributed by atoms with Crippen molar-refractivity contribution in [2.75, 3.05) is 38.3 Å². The van der Waals surface area contributed by atoms with Crippen LogP contribution >= 0.6 is 11.6 Å². The van der Waals surface area contributed by atoms with Crippen LogP contribution in [0.25, 0.3) is 11.3 Å². The van der Waals surface area contributed by atoms with Gasteiger partial charge in [-0.05, 0) is 23.8 Å². The van der Waals surface area contributed by atoms with Gasteiger partial charge in [-0.2, -0.15) is 0 Å². The first kappa shape index (κ1) is 19.5. The maximum absolute atomic E-state index is 12.9. The molecule has 1 aromatic heterocycles. The smallest absolute Gasteiger partial charge is 0.276 e. The second-order valence-corrected chi connectivity index (χ2v) is 7.41. The predicted octanol–water partition coefficient (Wildman–Crippen LogP) is 4.10. The van der Waals surface area contributed by atoms with Crippen molar-refractivity contribution in [1.29, 1.82) is 0 Å². The van der Waals surface area contributed by atoms with E-state index in [9.17, 15) is 4.79 Å². The van der Waals surface area contributed by atoms with E-state index in [0.29, 0.717) is 30.5 Å². The number of hydrogen-bond acceptors (Lipinski definition) is 5. The number of anilines is 1. The Hall–Kier alpha value is -2.83. The van der Waals surface area contributed by atoms with Crippen LogP contribution in [0.5, 0.6) is 0 Å². The molecular weight excluding hydrogens is 390 g/mol. The van der Waals surface area contributed by atoms with Gasteiger partial charge in [0.15, 0.2) is 11.5 Å². The Labute approximate surface area is 174 Å². The van der Waals surface area contributed by atoms with Crippen LogP contribution in [0.3, 0.4) is 0 Å². The normalized spacial score (nSPS) is 14.1. The summed E-state index contributed by atoms with van der Waals surface area (Å²) in [4.78, 5) is 16.8. The third kappa shape index (κ3) is 4.44. The topological polar surface area (TPSA) is 58.8 Å². The molecule has 150 valence electrons. The van der Waals surface area contributed by atoms with Crippen LogP contribution in [0.2, 0.25) is 5.02 Å². The summed E-state index contributed by atoms with van der Waals surface area (Å²) in [5.41, 5.74) is 3.27. The van der Waals surface area contributed by atoms with Crippen LogP contribution in [-0.4, -0.2) is 49.3 Å². The van der Waals surface area contributed by atoms with Crippen LogP contribution in [0.15, 0.2) is 59.1 Å². The van der Waals surface area contributed by atoms with Crippen LogP contribution in [0, 0.1) is 0 Å². The number of nitrogens with zero attached hydrogens (tertiary/aromatic N) is 3. The monoisotopic (exact) mass is 411 g/mol. The fourth-order valence-electron chi connectivity index (χ4n) is 3.43. The summed E-state index contributed by atoms with van der Waals surface area (Å²) in [6.45, 7) is 3.61. The molecule has 0 radical (unpaired) electrons. The van der Waals surface area contributed by atoms with Crippen molar-refractivity contribution in [2.24, 2.45) is 0 Å². The summed E-state index contributed by atoms with van der Waals surface area (Å²) in [6, 6.07) is 17.1. The molecule has 1 saturated heterocycles. The molecule has 29 heavy (non-hydrogen) atoms. The second kappa shape index (κ2) is 8.68. The number of amides is 1. The molecule has 0 bridgehead atoms. The van der Waals surface area contributed by atoms with E-state index in [1.54, 1.807) is 30.1 Å². The lowest BCUT2D eigenvalue weighted by molar-refractivity contribution is 0.0774. The van der Waals surface area contributed by atoms with Gasteiger partial charge in [-0.1, -0.05) is 47.1 Å². The van der Waals surface area contributed by atoms with Gasteiger partial charge in [0.1, 0.15) is 0 Å². The van der Waals surface area contributed by atoms with E-state index in [1.165, 1.54) is 0 Å². The highest BCUT2D eigenvalue weighted by Crippen LogP contribution is 2.25. The molecule has 6 nitrogen and oxygen atoms in total. The second-order valence-electron chi connectivity index (χ2n) is 6.98. The SMILES string of the molecule is CN(Cc1ccccc1N1CCOCC1)C(=O)c1cc(-c2cccc(Cl)c2)on1. The number of aromatic nitrogens is 1. The summed E-state index contributed by atoms with van der Waals surface area (Å²) in [5.74, 6) is 0.316. The molecule has 0 aliphatic carbocycles. The highest BCUT2D eigenvalue weighted by atomic mass is 35.5. The molecule has 2 aromatic carbocycles. The molecule has 0 N–H and O–H groups in total. The van der Waals surface area contributed by atoms with Crippen LogP contribution in [-0.2, 0) is 11.3 Å². The van der Waals surface area contributed by atoms with Crippen molar-refractivity contribution in [2.45, 2.75) is 6.54 Å². The zero-order chi connectivity index (χ0) is 20.2. The first-order valence-electron chi connectivity index (χ1n) is 9.50. The van der Waals surface area contributed by atoms with Crippen LogP contribution in [0.4, 0.5) is 5.69 Å². The molecular formula is C22H22ClN3O3. The van der Waals surface area contributed by atoms with Crippen molar-refractivity contribution in [3.8, 4) is 11.3 Å². The van der Waals surface area contributed by atoms with Crippen molar-refractivity contribution < 1.29 is 14.1 Å². The summed E-state index contributed by atoms with van der Waals surface area (Å²) >= 11 is 6.03. The summed E-state index contributed by atoms with van der Waals surface area (Å²) in [5, 5.41) is 4.56. The number of morpholine rings is 1. The number of carbonyl (C=O) groups is 1. The molecule has 0 saturated carbocycles. The number of para-hydroxylation sites is 1. The van der Waals surface area contributed by atoms with Crippen molar-refractivity contribution in [3.63, 3.8) is 0 Å². The first-order valence-corrected chi connectivity index (χ1v) is 9.88. The maximum atomic E-state index is 12.9. The molecule has 0 spiro atoms. The van der Waals surface area contributed by atoms with Crippen molar-refractivity contribution in [1.82, 2.24) is 10.1 Å². The van der Waals surface area contributed by atoms with E-state index in [1.807, 2.05) is 24.3 Å². The van der Waals surface area contributed by atoms with Gasteiger partial charge in [-0.15, -0.1) is 0 Å². The Morgan fingerprint density at radius 1 is 1.14 bits per heavy atom. The highest BCUT2D eigenvalue weighted by Gasteiger charge is 2.20. The fraction of sp³-hybridized carbons (Fsp3) is 0.273. The minimum Gasteiger partial charge on any atom is -0.378 e. The van der Waals surface area contributed by atoms with E-state index in [4.69, 9.17) is 20.9 Å². The molecule has 1 aliphatic heterocycles. The minimum absolute atomic E-state index is 0.196. The van der Waals surface area contributed by atoms with Gasteiger partial charge in [0.05, 0.1) is 13.2 Å². The Kier molecular flexibility index (Phi) is 5.83. The Morgan fingerprint density at radius 2 is 1.93 bits per heavy atom. The van der Waals surface area contributed by atoms with Crippen LogP contribution < -0.4 is 4.90 Å². The average molecular weight is 412 g/mol. The van der Waals surface area contributed by atoms with Gasteiger partial charge >= 0.3 is 0 Å². The number of ether oxygens (including phenoxy) is 1. The van der Waals surface area contributed by atoms with E-state index >= 15 is 0 Å². The number of hydrogen-bond donors (Lipinski definition) is 0. The minimum atomic E-state index is -0.196. The molecule has 0 unspecified atom stereocenters. The standard InChI is InChI=1S/C22H22ClN3O3/c1-25(15-17-5-2-3-8-20(17)26-9-11-28-12-10-26)22(27)19-14-21(29-24-19)16-6-4-7-18(23)13-16/h2-8,13-14H,9-12,15H2,1H3. The third-order valence-corrected chi connectivity index (χ3v) is 5.17. The maximum Gasteiger partial charge on any atom is 0.276 e. The van der Waals surface area contributed by atoms with Gasteiger partial charge in [-0.3, -0.25) is 4.79 Å². The van der Waals surface area contributed by atoms with Crippen molar-refractivity contribution in [3.05, 3.63) is 70.9 Å². The molecule has 7 heteroatoms. The summed E-state index contributed by atoms with van der Waals surface area (Å²) in [7, 11) is 1.77. The molecule has 1 amide bonds. The zero-order valence-electron chi connectivity index (χ0n) is 16.2. The number of benzene rings is 2. The summed E-state index contributed by atoms with van der Waals surface area (Å²) in [6.07, 6.45) is 0. The number of halogens is 1. The predicted molar refractivity (Wildman–Crippen MR) is 112 cm³/mol. The van der Waals surface area contributed by atoms with Gasteiger partial charge in [0, 0.05) is 49.0 Å². The molecule has 3 aromatic rings. The average Bonchev–Trinajstić information content (AvgIpc) is 3.24. The van der Waals surface area contributed by atoms with Gasteiger partial charge in [0.25, 0.3) is 5.91 Å². The number of rotatable bonds is 5. The van der Waals surface area contributed by atoms with Gasteiger partial charge in [0.2, 0.25) is 0 Å². The zero-order valence-corrected chi connectivity index (χ0v) is 16.9. The largest absolute Gasteiger partial charge is 0.378 e. The fourth-order valence-corrected chi connectivity index (χ4v) is 3.62. The van der Waals surface area contributed by atoms with Gasteiger partial charge < -0.3 is 19.1 Å². The van der Waals surface area contributed by atoms with E-state index in [2.05, 4.69) is 22.2 Å². The van der Waals surface area contributed by atoms with Crippen LogP contribution in [0.1, 0.15) is 16.1 Å². The Morgan fingerprint density at radius 3 is 2.72 bits per heavy atom. The lowest BCUT2D eigenvalue weighted by atomic mass is 10.1. The summed E-state index contributed by atoms with van der Waals surface area (Å²) < 4.78 is 10.8. The first-order chi connectivity index (χ1) is 14.1. The molecule has 1 fully saturated rings. The lowest BCUT2D eigenvalue weighted by Gasteiger charge is -2.31. The molecule has 1 aliphatic rings. The molecule has 0 atom stereocenters. The quantitative estimate of drug-likeness (QED) is 0.632. The highest BCUT2D eigenvalue weighted by molar-refractivity contribution is 6.30. The Bertz CT molecular complexity index is 998. The van der Waals surface area contributed by atoms with Gasteiger partial charge in [-0.25, -0.2) is 0 Å². The Balaban J connectivity index is 1.50. The number of carbonyl (C=O) groups excluding carboxylic acids is 1.